The second kappa shape index (κ2) is 5.75. The number of rotatable bonds is 3. The molecule has 0 aliphatic carbocycles. The van der Waals surface area contributed by atoms with Crippen LogP contribution in [0.1, 0.15) is 5.56 Å². The van der Waals surface area contributed by atoms with Crippen molar-refractivity contribution >= 4 is 16.9 Å². The first-order chi connectivity index (χ1) is 11.7. The minimum Gasteiger partial charge on any atom is -0.436 e. The van der Waals surface area contributed by atoms with E-state index in [1.54, 1.807) is 24.7 Å². The summed E-state index contributed by atoms with van der Waals surface area (Å²) in [5.74, 6) is 0.806. The van der Waals surface area contributed by atoms with Gasteiger partial charge >= 0.3 is 0 Å². The summed E-state index contributed by atoms with van der Waals surface area (Å²) < 4.78 is 5.77. The number of oxazole rings is 1. The number of benzene rings is 1. The molecule has 0 fully saturated rings. The minimum atomic E-state index is 0.372. The van der Waals surface area contributed by atoms with Crippen LogP contribution in [0.3, 0.4) is 0 Å². The Morgan fingerprint density at radius 3 is 2.58 bits per heavy atom. The van der Waals surface area contributed by atoms with Crippen LogP contribution in [0.25, 0.3) is 33.7 Å². The largest absolute Gasteiger partial charge is 0.436 e. The molecule has 0 unspecified atom stereocenters. The van der Waals surface area contributed by atoms with Gasteiger partial charge in [0.25, 0.3) is 0 Å². The van der Waals surface area contributed by atoms with Gasteiger partial charge in [0, 0.05) is 30.6 Å². The molecule has 0 bridgehead atoms. The molecule has 24 heavy (non-hydrogen) atoms. The highest BCUT2D eigenvalue weighted by Crippen LogP contribution is 2.31. The third-order valence-electron chi connectivity index (χ3n) is 3.86. The van der Waals surface area contributed by atoms with Gasteiger partial charge in [-0.25, -0.2) is 9.97 Å². The zero-order chi connectivity index (χ0) is 16.5. The number of hydrogen-bond donors (Lipinski definition) is 2. The monoisotopic (exact) mass is 317 g/mol. The Morgan fingerprint density at radius 2 is 1.83 bits per heavy atom. The highest BCUT2D eigenvalue weighted by molar-refractivity contribution is 5.80. The standard InChI is InChI=1S/C18H15N5O/c19-8-11-1-3-12(4-2-11)13-7-14(17(20)22-9-13)18-23-15-10-21-6-5-16(15)24-18/h1-7,9-10H,8,19H2,(H2,20,22). The molecule has 0 aliphatic rings. The predicted octanol–water partition coefficient (Wildman–Crippen LogP) is 2.99. The molecule has 0 atom stereocenters. The number of nitrogens with two attached hydrogens (primary N) is 2. The van der Waals surface area contributed by atoms with Gasteiger partial charge in [0.15, 0.2) is 5.58 Å². The smallest absolute Gasteiger partial charge is 0.231 e. The summed E-state index contributed by atoms with van der Waals surface area (Å²) in [6.07, 6.45) is 5.05. The molecule has 118 valence electrons. The lowest BCUT2D eigenvalue weighted by atomic mass is 10.0. The maximum absolute atomic E-state index is 6.02. The maximum Gasteiger partial charge on any atom is 0.231 e. The van der Waals surface area contributed by atoms with E-state index >= 15 is 0 Å². The lowest BCUT2D eigenvalue weighted by molar-refractivity contribution is 0.619. The molecule has 3 heterocycles. The van der Waals surface area contributed by atoms with Crippen molar-refractivity contribution in [3.8, 4) is 22.6 Å². The normalized spacial score (nSPS) is 11.0. The van der Waals surface area contributed by atoms with Crippen LogP contribution in [-0.2, 0) is 6.54 Å². The predicted molar refractivity (Wildman–Crippen MR) is 92.8 cm³/mol. The molecule has 4 aromatic rings. The Balaban J connectivity index is 1.80. The van der Waals surface area contributed by atoms with Gasteiger partial charge in [-0.05, 0) is 17.2 Å². The lowest BCUT2D eigenvalue weighted by Gasteiger charge is -2.06. The van der Waals surface area contributed by atoms with E-state index in [-0.39, 0.29) is 0 Å². The van der Waals surface area contributed by atoms with E-state index in [4.69, 9.17) is 15.9 Å². The second-order valence-electron chi connectivity index (χ2n) is 5.42. The van der Waals surface area contributed by atoms with Gasteiger partial charge in [0.2, 0.25) is 5.89 Å². The van der Waals surface area contributed by atoms with Crippen LogP contribution in [0.15, 0.2) is 59.4 Å². The molecule has 1 aromatic carbocycles. The Morgan fingerprint density at radius 1 is 1.00 bits per heavy atom. The summed E-state index contributed by atoms with van der Waals surface area (Å²) in [6, 6.07) is 11.7. The zero-order valence-corrected chi connectivity index (χ0v) is 12.8. The van der Waals surface area contributed by atoms with Gasteiger partial charge < -0.3 is 15.9 Å². The first-order valence-corrected chi connectivity index (χ1v) is 7.50. The number of fused-ring (bicyclic) bond motifs is 1. The Kier molecular flexibility index (Phi) is 3.44. The third kappa shape index (κ3) is 2.49. The molecular formula is C18H15N5O. The molecule has 0 spiro atoms. The van der Waals surface area contributed by atoms with Crippen molar-refractivity contribution in [3.63, 3.8) is 0 Å². The van der Waals surface area contributed by atoms with Gasteiger partial charge in [-0.2, -0.15) is 0 Å². The number of nitrogens with zero attached hydrogens (tertiary/aromatic N) is 3. The van der Waals surface area contributed by atoms with Crippen LogP contribution in [0.4, 0.5) is 5.82 Å². The van der Waals surface area contributed by atoms with Crippen molar-refractivity contribution < 1.29 is 4.42 Å². The molecular weight excluding hydrogens is 302 g/mol. The first-order valence-electron chi connectivity index (χ1n) is 7.50. The number of aromatic nitrogens is 3. The van der Waals surface area contributed by atoms with Crippen LogP contribution in [0, 0.1) is 0 Å². The zero-order valence-electron chi connectivity index (χ0n) is 12.8. The molecule has 0 aliphatic heterocycles. The highest BCUT2D eigenvalue weighted by atomic mass is 16.3. The minimum absolute atomic E-state index is 0.372. The summed E-state index contributed by atoms with van der Waals surface area (Å²) in [4.78, 5) is 12.8. The second-order valence-corrected chi connectivity index (χ2v) is 5.42. The molecule has 6 nitrogen and oxygen atoms in total. The molecule has 6 heteroatoms. The fourth-order valence-corrected chi connectivity index (χ4v) is 2.53. The molecule has 4 N–H and O–H groups in total. The van der Waals surface area contributed by atoms with E-state index in [2.05, 4.69) is 15.0 Å². The topological polar surface area (TPSA) is 104 Å². The van der Waals surface area contributed by atoms with E-state index < -0.39 is 0 Å². The fraction of sp³-hybridized carbons (Fsp3) is 0.0556. The molecule has 0 amide bonds. The van der Waals surface area contributed by atoms with E-state index in [1.807, 2.05) is 30.3 Å². The van der Waals surface area contributed by atoms with Crippen LogP contribution in [0.2, 0.25) is 0 Å². The third-order valence-corrected chi connectivity index (χ3v) is 3.86. The Labute approximate surface area is 138 Å². The van der Waals surface area contributed by atoms with Crippen molar-refractivity contribution in [2.24, 2.45) is 5.73 Å². The average Bonchev–Trinajstić information content (AvgIpc) is 3.06. The molecule has 0 saturated heterocycles. The van der Waals surface area contributed by atoms with Crippen molar-refractivity contribution in [2.45, 2.75) is 6.54 Å². The summed E-state index contributed by atoms with van der Waals surface area (Å²) in [5, 5.41) is 0. The Bertz CT molecular complexity index is 975. The average molecular weight is 317 g/mol. The molecule has 3 aromatic heterocycles. The van der Waals surface area contributed by atoms with E-state index in [0.717, 1.165) is 16.7 Å². The first kappa shape index (κ1) is 14.3. The van der Waals surface area contributed by atoms with E-state index in [0.29, 0.717) is 34.9 Å². The summed E-state index contributed by atoms with van der Waals surface area (Å²) in [6.45, 7) is 0.516. The molecule has 4 rings (SSSR count). The molecule has 0 radical (unpaired) electrons. The van der Waals surface area contributed by atoms with Crippen molar-refractivity contribution in [1.82, 2.24) is 15.0 Å². The molecule has 0 saturated carbocycles. The van der Waals surface area contributed by atoms with Crippen LogP contribution < -0.4 is 11.5 Å². The van der Waals surface area contributed by atoms with Crippen LogP contribution >= 0.6 is 0 Å². The van der Waals surface area contributed by atoms with Gasteiger partial charge in [-0.15, -0.1) is 0 Å². The number of pyridine rings is 2. The van der Waals surface area contributed by atoms with Crippen molar-refractivity contribution in [1.29, 1.82) is 0 Å². The maximum atomic E-state index is 6.02. The summed E-state index contributed by atoms with van der Waals surface area (Å²) in [5.41, 5.74) is 16.7. The van der Waals surface area contributed by atoms with Gasteiger partial charge in [-0.3, -0.25) is 4.98 Å². The van der Waals surface area contributed by atoms with Gasteiger partial charge in [0.1, 0.15) is 11.3 Å². The summed E-state index contributed by atoms with van der Waals surface area (Å²) in [7, 11) is 0. The SMILES string of the molecule is NCc1ccc(-c2cnc(N)c(-c3nc4cnccc4o3)c2)cc1. The summed E-state index contributed by atoms with van der Waals surface area (Å²) >= 11 is 0. The number of anilines is 1. The van der Waals surface area contributed by atoms with Gasteiger partial charge in [-0.1, -0.05) is 24.3 Å². The highest BCUT2D eigenvalue weighted by Gasteiger charge is 2.13. The van der Waals surface area contributed by atoms with Crippen LogP contribution in [-0.4, -0.2) is 15.0 Å². The quantitative estimate of drug-likeness (QED) is 0.602. The van der Waals surface area contributed by atoms with E-state index in [9.17, 15) is 0 Å². The Hall–Kier alpha value is -3.25. The number of nitrogen functional groups attached to an aromatic ring is 1. The fourth-order valence-electron chi connectivity index (χ4n) is 2.53. The van der Waals surface area contributed by atoms with Gasteiger partial charge in [0.05, 0.1) is 11.8 Å². The van der Waals surface area contributed by atoms with Crippen molar-refractivity contribution in [3.05, 3.63) is 60.6 Å². The number of hydrogen-bond acceptors (Lipinski definition) is 6. The van der Waals surface area contributed by atoms with E-state index in [1.165, 1.54) is 0 Å². The lowest BCUT2D eigenvalue weighted by Crippen LogP contribution is -1.96. The van der Waals surface area contributed by atoms with Crippen LogP contribution in [0.5, 0.6) is 0 Å². The van der Waals surface area contributed by atoms with Crippen molar-refractivity contribution in [2.75, 3.05) is 5.73 Å².